The standard InChI is InChI=1S/C28H43F2NO2/c1-18(17-31-13-10-22(11-14-31)27(29)30)23-8-9-24-21(5-4-12-28(23,24)3)7-6-20-15-25(32)19(2)26(33)16-20/h6-7,18,22-27,32-33H,2,4-5,8-17H2,1,3H3/b21-7+/t18?,23-,24+,25-,26-,28-/m1/s1. The molecule has 4 fully saturated rings. The molecule has 1 unspecified atom stereocenters. The van der Waals surface area contributed by atoms with Crippen molar-refractivity contribution >= 4 is 0 Å². The fourth-order valence-corrected chi connectivity index (χ4v) is 7.56. The van der Waals surface area contributed by atoms with Crippen LogP contribution in [-0.4, -0.2) is 53.4 Å². The van der Waals surface area contributed by atoms with Gasteiger partial charge in [-0.3, -0.25) is 0 Å². The van der Waals surface area contributed by atoms with Crippen LogP contribution >= 0.6 is 0 Å². The first-order chi connectivity index (χ1) is 15.7. The van der Waals surface area contributed by atoms with Crippen molar-refractivity contribution in [2.75, 3.05) is 19.6 Å². The smallest absolute Gasteiger partial charge is 0.241 e. The second-order valence-electron chi connectivity index (χ2n) is 11.6. The lowest BCUT2D eigenvalue weighted by Gasteiger charge is -2.45. The monoisotopic (exact) mass is 463 g/mol. The van der Waals surface area contributed by atoms with Gasteiger partial charge in [-0.25, -0.2) is 8.78 Å². The average molecular weight is 464 g/mol. The van der Waals surface area contributed by atoms with E-state index in [-0.39, 0.29) is 0 Å². The van der Waals surface area contributed by atoms with Crippen molar-refractivity contribution in [1.82, 2.24) is 4.90 Å². The number of rotatable bonds is 5. The van der Waals surface area contributed by atoms with E-state index in [1.54, 1.807) is 0 Å². The Labute approximate surface area is 198 Å². The number of aliphatic hydroxyl groups excluding tert-OH is 2. The van der Waals surface area contributed by atoms with Crippen LogP contribution in [0.4, 0.5) is 8.78 Å². The summed E-state index contributed by atoms with van der Waals surface area (Å²) in [6, 6.07) is 0. The average Bonchev–Trinajstić information content (AvgIpc) is 3.14. The summed E-state index contributed by atoms with van der Waals surface area (Å²) < 4.78 is 26.0. The lowest BCUT2D eigenvalue weighted by Crippen LogP contribution is -2.42. The zero-order chi connectivity index (χ0) is 23.8. The summed E-state index contributed by atoms with van der Waals surface area (Å²) in [5, 5.41) is 20.3. The van der Waals surface area contributed by atoms with Gasteiger partial charge in [0.15, 0.2) is 0 Å². The van der Waals surface area contributed by atoms with Gasteiger partial charge in [-0.1, -0.05) is 43.7 Å². The molecule has 0 aromatic heterocycles. The Morgan fingerprint density at radius 1 is 1.09 bits per heavy atom. The highest BCUT2D eigenvalue weighted by molar-refractivity contribution is 5.29. The van der Waals surface area contributed by atoms with E-state index >= 15 is 0 Å². The molecule has 3 nitrogen and oxygen atoms in total. The molecule has 33 heavy (non-hydrogen) atoms. The van der Waals surface area contributed by atoms with Crippen LogP contribution in [0, 0.1) is 29.1 Å². The zero-order valence-corrected chi connectivity index (χ0v) is 20.5. The summed E-state index contributed by atoms with van der Waals surface area (Å²) in [6.07, 6.45) is 9.53. The minimum Gasteiger partial charge on any atom is -0.388 e. The highest BCUT2D eigenvalue weighted by Crippen LogP contribution is 2.59. The topological polar surface area (TPSA) is 43.7 Å². The van der Waals surface area contributed by atoms with Gasteiger partial charge in [0.2, 0.25) is 6.43 Å². The van der Waals surface area contributed by atoms with Gasteiger partial charge < -0.3 is 15.1 Å². The molecular formula is C28H43F2NO2. The summed E-state index contributed by atoms with van der Waals surface area (Å²) in [7, 11) is 0. The van der Waals surface area contributed by atoms with Crippen molar-refractivity contribution in [3.63, 3.8) is 0 Å². The SMILES string of the molecule is C=C1[C@H](O)CC(=C/C=C2\CCC[C@]3(C)[C@@H](C(C)CN4CCC(C(F)F)CC4)CC[C@@H]23)C[C@H]1O. The maximum atomic E-state index is 13.0. The molecule has 3 aliphatic carbocycles. The number of likely N-dealkylation sites (tertiary alicyclic amines) is 1. The molecule has 0 spiro atoms. The van der Waals surface area contributed by atoms with E-state index in [1.165, 1.54) is 31.3 Å². The van der Waals surface area contributed by atoms with Crippen LogP contribution < -0.4 is 0 Å². The summed E-state index contributed by atoms with van der Waals surface area (Å²) in [4.78, 5) is 2.43. The van der Waals surface area contributed by atoms with Crippen LogP contribution in [0.1, 0.15) is 71.6 Å². The molecule has 1 aliphatic heterocycles. The zero-order valence-electron chi connectivity index (χ0n) is 20.5. The minimum absolute atomic E-state index is 0.309. The van der Waals surface area contributed by atoms with Crippen LogP contribution in [-0.2, 0) is 0 Å². The van der Waals surface area contributed by atoms with Crippen molar-refractivity contribution in [1.29, 1.82) is 0 Å². The highest BCUT2D eigenvalue weighted by atomic mass is 19.3. The van der Waals surface area contributed by atoms with E-state index in [0.717, 1.165) is 31.6 Å². The number of allylic oxidation sites excluding steroid dienone is 3. The Hall–Kier alpha value is -1.04. The van der Waals surface area contributed by atoms with Gasteiger partial charge in [0.25, 0.3) is 0 Å². The quantitative estimate of drug-likeness (QED) is 0.511. The van der Waals surface area contributed by atoms with E-state index in [9.17, 15) is 19.0 Å². The van der Waals surface area contributed by atoms with Gasteiger partial charge in [-0.05, 0) is 99.6 Å². The van der Waals surface area contributed by atoms with E-state index in [2.05, 4.69) is 37.5 Å². The molecule has 4 aliphatic rings. The molecule has 5 heteroatoms. The van der Waals surface area contributed by atoms with E-state index < -0.39 is 24.6 Å². The largest absolute Gasteiger partial charge is 0.388 e. The van der Waals surface area contributed by atoms with Crippen molar-refractivity contribution < 1.29 is 19.0 Å². The molecule has 4 rings (SSSR count). The number of hydrogen-bond acceptors (Lipinski definition) is 3. The Bertz CT molecular complexity index is 754. The molecule has 0 aromatic carbocycles. The van der Waals surface area contributed by atoms with E-state index in [0.29, 0.717) is 54.4 Å². The third-order valence-corrected chi connectivity index (χ3v) is 9.56. The predicted molar refractivity (Wildman–Crippen MR) is 129 cm³/mol. The number of halogens is 2. The number of nitrogens with zero attached hydrogens (tertiary/aromatic N) is 1. The molecule has 0 aromatic rings. The Morgan fingerprint density at radius 3 is 2.39 bits per heavy atom. The fourth-order valence-electron chi connectivity index (χ4n) is 7.56. The molecular weight excluding hydrogens is 420 g/mol. The fraction of sp³-hybridized carbons (Fsp3) is 0.786. The van der Waals surface area contributed by atoms with Gasteiger partial charge in [0, 0.05) is 12.5 Å². The third kappa shape index (κ3) is 5.31. The third-order valence-electron chi connectivity index (χ3n) is 9.56. The van der Waals surface area contributed by atoms with Gasteiger partial charge in [0.1, 0.15) is 0 Å². The second kappa shape index (κ2) is 10.3. The summed E-state index contributed by atoms with van der Waals surface area (Å²) in [6.45, 7) is 11.4. The lowest BCUT2D eigenvalue weighted by atomic mass is 9.61. The van der Waals surface area contributed by atoms with Crippen LogP contribution in [0.25, 0.3) is 0 Å². The van der Waals surface area contributed by atoms with E-state index in [4.69, 9.17) is 0 Å². The second-order valence-corrected chi connectivity index (χ2v) is 11.6. The normalized spacial score (nSPS) is 38.7. The van der Waals surface area contributed by atoms with Crippen molar-refractivity contribution in [2.24, 2.45) is 29.1 Å². The molecule has 186 valence electrons. The molecule has 6 atom stereocenters. The van der Waals surface area contributed by atoms with Crippen molar-refractivity contribution in [2.45, 2.75) is 90.3 Å². The van der Waals surface area contributed by atoms with Gasteiger partial charge in [-0.2, -0.15) is 0 Å². The van der Waals surface area contributed by atoms with E-state index in [1.807, 2.05) is 0 Å². The highest BCUT2D eigenvalue weighted by Gasteiger charge is 2.50. The van der Waals surface area contributed by atoms with Crippen molar-refractivity contribution in [3.05, 3.63) is 35.5 Å². The van der Waals surface area contributed by atoms with Crippen LogP contribution in [0.3, 0.4) is 0 Å². The maximum absolute atomic E-state index is 13.0. The van der Waals surface area contributed by atoms with Gasteiger partial charge in [0.05, 0.1) is 12.2 Å². The number of fused-ring (bicyclic) bond motifs is 1. The first-order valence-electron chi connectivity index (χ1n) is 13.1. The molecule has 3 saturated carbocycles. The molecule has 0 bridgehead atoms. The van der Waals surface area contributed by atoms with Crippen LogP contribution in [0.5, 0.6) is 0 Å². The lowest BCUT2D eigenvalue weighted by molar-refractivity contribution is 0.0227. The first kappa shape index (κ1) is 25.1. The molecule has 2 N–H and O–H groups in total. The number of aliphatic hydroxyl groups is 2. The van der Waals surface area contributed by atoms with Crippen molar-refractivity contribution in [3.8, 4) is 0 Å². The summed E-state index contributed by atoms with van der Waals surface area (Å²) in [5.74, 6) is 1.45. The van der Waals surface area contributed by atoms with Gasteiger partial charge >= 0.3 is 0 Å². The van der Waals surface area contributed by atoms with Crippen LogP contribution in [0.2, 0.25) is 0 Å². The summed E-state index contributed by atoms with van der Waals surface area (Å²) >= 11 is 0. The van der Waals surface area contributed by atoms with Crippen LogP contribution in [0.15, 0.2) is 35.5 Å². The van der Waals surface area contributed by atoms with Gasteiger partial charge in [-0.15, -0.1) is 0 Å². The summed E-state index contributed by atoms with van der Waals surface area (Å²) in [5.41, 5.74) is 3.49. The molecule has 0 amide bonds. The number of piperidine rings is 1. The first-order valence-corrected chi connectivity index (χ1v) is 13.1. The Kier molecular flexibility index (Phi) is 7.82. The number of alkyl halides is 2. The predicted octanol–water partition coefficient (Wildman–Crippen LogP) is 5.74. The minimum atomic E-state index is -2.17. The Balaban J connectivity index is 1.40. The molecule has 0 radical (unpaired) electrons. The number of hydrogen-bond donors (Lipinski definition) is 2. The Morgan fingerprint density at radius 2 is 1.76 bits per heavy atom. The molecule has 1 heterocycles. The maximum Gasteiger partial charge on any atom is 0.241 e. The molecule has 1 saturated heterocycles.